The number of hydrogen-bond donors (Lipinski definition) is 1. The van der Waals surface area contributed by atoms with Crippen LogP contribution in [0.4, 0.5) is 15.3 Å². The van der Waals surface area contributed by atoms with Crippen molar-refractivity contribution in [1.82, 2.24) is 10.2 Å². The topological polar surface area (TPSA) is 71.1 Å². The van der Waals surface area contributed by atoms with Crippen molar-refractivity contribution in [2.24, 2.45) is 0 Å². The first kappa shape index (κ1) is 18.5. The van der Waals surface area contributed by atoms with Crippen LogP contribution in [0.25, 0.3) is 0 Å². The van der Waals surface area contributed by atoms with Gasteiger partial charge in [0.1, 0.15) is 11.7 Å². The fourth-order valence-corrected chi connectivity index (χ4v) is 3.31. The van der Waals surface area contributed by atoms with Crippen LogP contribution in [0.5, 0.6) is 0 Å². The first-order valence-electron chi connectivity index (χ1n) is 9.05. The average molecular weight is 361 g/mol. The predicted molar refractivity (Wildman–Crippen MR) is 98.3 cm³/mol. The molecule has 7 nitrogen and oxygen atoms in total. The Morgan fingerprint density at radius 2 is 2.00 bits per heavy atom. The van der Waals surface area contributed by atoms with Gasteiger partial charge in [0.15, 0.2) is 0 Å². The Morgan fingerprint density at radius 3 is 2.69 bits per heavy atom. The van der Waals surface area contributed by atoms with Crippen molar-refractivity contribution in [2.45, 2.75) is 44.9 Å². The molecule has 2 saturated heterocycles. The summed E-state index contributed by atoms with van der Waals surface area (Å²) in [5.41, 5.74) is 0.354. The number of likely N-dealkylation sites (tertiary alicyclic amines) is 1. The monoisotopic (exact) mass is 361 g/mol. The minimum atomic E-state index is -0.499. The van der Waals surface area contributed by atoms with Crippen molar-refractivity contribution in [3.8, 4) is 0 Å². The van der Waals surface area contributed by atoms with Gasteiger partial charge in [0, 0.05) is 31.4 Å². The zero-order valence-corrected chi connectivity index (χ0v) is 15.6. The standard InChI is InChI=1S/C19H27N3O4/c1-19(2,3)26-17(23)20-14-9-10-21(11-14)12-16-13-22(18(24)25-16)15-7-5-4-6-8-15/h4-8,14,16H,9-13H2,1-3H3,(H,20,23). The third-order valence-electron chi connectivity index (χ3n) is 4.40. The average Bonchev–Trinajstić information content (AvgIpc) is 3.13. The summed E-state index contributed by atoms with van der Waals surface area (Å²) in [5.74, 6) is 0. The zero-order chi connectivity index (χ0) is 18.7. The quantitative estimate of drug-likeness (QED) is 0.893. The van der Waals surface area contributed by atoms with Crippen LogP contribution in [0, 0.1) is 0 Å². The van der Waals surface area contributed by atoms with Gasteiger partial charge in [-0.3, -0.25) is 9.80 Å². The number of alkyl carbamates (subject to hydrolysis) is 1. The van der Waals surface area contributed by atoms with E-state index in [1.165, 1.54) is 0 Å². The van der Waals surface area contributed by atoms with E-state index in [1.807, 2.05) is 51.1 Å². The molecule has 2 amide bonds. The van der Waals surface area contributed by atoms with E-state index in [9.17, 15) is 9.59 Å². The van der Waals surface area contributed by atoms with E-state index in [4.69, 9.17) is 9.47 Å². The normalized spacial score (nSPS) is 23.8. The van der Waals surface area contributed by atoms with Gasteiger partial charge in [-0.2, -0.15) is 0 Å². The van der Waals surface area contributed by atoms with Crippen LogP contribution in [-0.2, 0) is 9.47 Å². The van der Waals surface area contributed by atoms with Crippen LogP contribution in [0.2, 0.25) is 0 Å². The van der Waals surface area contributed by atoms with Crippen LogP contribution in [0.1, 0.15) is 27.2 Å². The van der Waals surface area contributed by atoms with E-state index in [-0.39, 0.29) is 24.3 Å². The van der Waals surface area contributed by atoms with Crippen molar-refractivity contribution in [1.29, 1.82) is 0 Å². The second kappa shape index (κ2) is 7.53. The molecule has 7 heteroatoms. The van der Waals surface area contributed by atoms with Gasteiger partial charge >= 0.3 is 12.2 Å². The van der Waals surface area contributed by atoms with E-state index in [0.29, 0.717) is 13.1 Å². The molecule has 1 aromatic carbocycles. The molecule has 2 unspecified atom stereocenters. The number of para-hydroxylation sites is 1. The molecule has 2 aliphatic rings. The lowest BCUT2D eigenvalue weighted by molar-refractivity contribution is 0.0505. The Kier molecular flexibility index (Phi) is 5.36. The number of nitrogens with zero attached hydrogens (tertiary/aromatic N) is 2. The van der Waals surface area contributed by atoms with Crippen molar-refractivity contribution in [2.75, 3.05) is 31.1 Å². The van der Waals surface area contributed by atoms with Gasteiger partial charge in [-0.15, -0.1) is 0 Å². The molecule has 142 valence electrons. The summed E-state index contributed by atoms with van der Waals surface area (Å²) in [6.45, 7) is 8.35. The summed E-state index contributed by atoms with van der Waals surface area (Å²) < 4.78 is 10.8. The zero-order valence-electron chi connectivity index (χ0n) is 15.6. The molecular formula is C19H27N3O4. The van der Waals surface area contributed by atoms with E-state index in [0.717, 1.165) is 25.2 Å². The van der Waals surface area contributed by atoms with Crippen LogP contribution in [0.15, 0.2) is 30.3 Å². The first-order valence-corrected chi connectivity index (χ1v) is 9.05. The summed E-state index contributed by atoms with van der Waals surface area (Å²) in [6.07, 6.45) is 0.0150. The van der Waals surface area contributed by atoms with Crippen molar-refractivity contribution in [3.05, 3.63) is 30.3 Å². The molecule has 1 N–H and O–H groups in total. The van der Waals surface area contributed by atoms with E-state index >= 15 is 0 Å². The molecule has 0 saturated carbocycles. The highest BCUT2D eigenvalue weighted by molar-refractivity contribution is 5.89. The second-order valence-electron chi connectivity index (χ2n) is 7.84. The molecule has 2 heterocycles. The lowest BCUT2D eigenvalue weighted by Crippen LogP contribution is -2.41. The Morgan fingerprint density at radius 1 is 1.27 bits per heavy atom. The van der Waals surface area contributed by atoms with Crippen molar-refractivity contribution in [3.63, 3.8) is 0 Å². The smallest absolute Gasteiger partial charge is 0.414 e. The molecule has 0 bridgehead atoms. The number of rotatable bonds is 4. The minimum Gasteiger partial charge on any atom is -0.444 e. The molecule has 2 aliphatic heterocycles. The van der Waals surface area contributed by atoms with Gasteiger partial charge < -0.3 is 14.8 Å². The second-order valence-corrected chi connectivity index (χ2v) is 7.84. The van der Waals surface area contributed by atoms with Gasteiger partial charge in [-0.25, -0.2) is 9.59 Å². The number of amides is 2. The van der Waals surface area contributed by atoms with E-state index in [1.54, 1.807) is 4.90 Å². The summed E-state index contributed by atoms with van der Waals surface area (Å²) >= 11 is 0. The van der Waals surface area contributed by atoms with Crippen molar-refractivity contribution < 1.29 is 19.1 Å². The number of nitrogens with one attached hydrogen (secondary N) is 1. The molecule has 0 radical (unpaired) electrons. The number of ether oxygens (including phenoxy) is 2. The maximum absolute atomic E-state index is 12.1. The summed E-state index contributed by atoms with van der Waals surface area (Å²) in [5, 5.41) is 2.91. The number of benzene rings is 1. The predicted octanol–water partition coefficient (Wildman–Crippen LogP) is 2.61. The number of carbonyl (C=O) groups excluding carboxylic acids is 2. The molecule has 0 spiro atoms. The van der Waals surface area contributed by atoms with E-state index < -0.39 is 5.60 Å². The van der Waals surface area contributed by atoms with Crippen LogP contribution in [0.3, 0.4) is 0 Å². The van der Waals surface area contributed by atoms with Gasteiger partial charge in [0.2, 0.25) is 0 Å². The Bertz CT molecular complexity index is 644. The Balaban J connectivity index is 1.46. The number of anilines is 1. The minimum absolute atomic E-state index is 0.0622. The summed E-state index contributed by atoms with van der Waals surface area (Å²) in [4.78, 5) is 27.9. The lowest BCUT2D eigenvalue weighted by Gasteiger charge is -2.22. The van der Waals surface area contributed by atoms with Gasteiger partial charge in [-0.05, 0) is 39.3 Å². The molecule has 2 fully saturated rings. The highest BCUT2D eigenvalue weighted by Gasteiger charge is 2.35. The highest BCUT2D eigenvalue weighted by atomic mass is 16.6. The van der Waals surface area contributed by atoms with Gasteiger partial charge in [-0.1, -0.05) is 18.2 Å². The fourth-order valence-electron chi connectivity index (χ4n) is 3.31. The summed E-state index contributed by atoms with van der Waals surface area (Å²) in [7, 11) is 0. The van der Waals surface area contributed by atoms with Gasteiger partial charge in [0.05, 0.1) is 6.54 Å². The largest absolute Gasteiger partial charge is 0.444 e. The van der Waals surface area contributed by atoms with Crippen LogP contribution in [-0.4, -0.2) is 61.0 Å². The Hall–Kier alpha value is -2.28. The van der Waals surface area contributed by atoms with Crippen LogP contribution >= 0.6 is 0 Å². The number of hydrogen-bond acceptors (Lipinski definition) is 5. The number of carbonyl (C=O) groups is 2. The molecular weight excluding hydrogens is 334 g/mol. The van der Waals surface area contributed by atoms with Crippen LogP contribution < -0.4 is 10.2 Å². The molecule has 1 aromatic rings. The lowest BCUT2D eigenvalue weighted by atomic mass is 10.2. The fraction of sp³-hybridized carbons (Fsp3) is 0.579. The molecule has 0 aliphatic carbocycles. The first-order chi connectivity index (χ1) is 12.3. The molecule has 2 atom stereocenters. The molecule has 0 aromatic heterocycles. The molecule has 26 heavy (non-hydrogen) atoms. The Labute approximate surface area is 154 Å². The molecule has 3 rings (SSSR count). The number of cyclic esters (lactones) is 1. The SMILES string of the molecule is CC(C)(C)OC(=O)NC1CCN(CC2CN(c3ccccc3)C(=O)O2)C1. The maximum Gasteiger partial charge on any atom is 0.414 e. The third kappa shape index (κ3) is 4.88. The van der Waals surface area contributed by atoms with Gasteiger partial charge in [0.25, 0.3) is 0 Å². The van der Waals surface area contributed by atoms with E-state index in [2.05, 4.69) is 10.2 Å². The highest BCUT2D eigenvalue weighted by Crippen LogP contribution is 2.22. The maximum atomic E-state index is 12.1. The van der Waals surface area contributed by atoms with Crippen molar-refractivity contribution >= 4 is 17.9 Å². The third-order valence-corrected chi connectivity index (χ3v) is 4.40. The summed E-state index contributed by atoms with van der Waals surface area (Å²) in [6, 6.07) is 9.60.